The lowest BCUT2D eigenvalue weighted by molar-refractivity contribution is 0.186. The molecule has 2 aromatic rings. The molecule has 5 nitrogen and oxygen atoms in total. The quantitative estimate of drug-likeness (QED) is 0.721. The Morgan fingerprint density at radius 3 is 2.55 bits per heavy atom. The first-order chi connectivity index (χ1) is 13.9. The molecule has 1 aromatic heterocycles. The van der Waals surface area contributed by atoms with E-state index in [0.717, 1.165) is 23.2 Å². The molecule has 0 unspecified atom stereocenters. The predicted molar refractivity (Wildman–Crippen MR) is 118 cm³/mol. The molecule has 0 amide bonds. The van der Waals surface area contributed by atoms with Crippen LogP contribution in [-0.4, -0.2) is 36.1 Å². The number of hydrogen-bond donors (Lipinski definition) is 0. The van der Waals surface area contributed by atoms with Gasteiger partial charge in [-0.15, -0.1) is 0 Å². The van der Waals surface area contributed by atoms with Crippen molar-refractivity contribution in [2.75, 3.05) is 18.8 Å². The molecule has 2 bridgehead atoms. The first kappa shape index (κ1) is 20.4. The Morgan fingerprint density at radius 2 is 1.83 bits per heavy atom. The van der Waals surface area contributed by atoms with Crippen LogP contribution >= 0.6 is 11.6 Å². The van der Waals surface area contributed by atoms with Crippen molar-refractivity contribution in [3.63, 3.8) is 0 Å². The number of sulfonamides is 1. The predicted octanol–water partition coefficient (Wildman–Crippen LogP) is 3.83. The highest BCUT2D eigenvalue weighted by atomic mass is 35.5. The van der Waals surface area contributed by atoms with Crippen molar-refractivity contribution in [3.8, 4) is 0 Å². The van der Waals surface area contributed by atoms with E-state index in [2.05, 4.69) is 0 Å². The SMILES string of the molecule is CCCS(=O)(=O)N1C[C@@H]2C[C@H](C1)c1c(/C=C/c3ccc(Cl)cc3)ccc(=O)n1C2. The third kappa shape index (κ3) is 4.20. The van der Waals surface area contributed by atoms with Gasteiger partial charge >= 0.3 is 0 Å². The van der Waals surface area contributed by atoms with Crippen LogP contribution in [0.5, 0.6) is 0 Å². The molecule has 4 rings (SSSR count). The van der Waals surface area contributed by atoms with Crippen molar-refractivity contribution in [3.05, 3.63) is 68.6 Å². The minimum Gasteiger partial charge on any atom is -0.311 e. The first-order valence-electron chi connectivity index (χ1n) is 10.0. The number of halogens is 1. The lowest BCUT2D eigenvalue weighted by Gasteiger charge is -2.42. The maximum atomic E-state index is 12.7. The molecule has 2 aliphatic heterocycles. The van der Waals surface area contributed by atoms with Gasteiger partial charge in [0.25, 0.3) is 5.56 Å². The first-order valence-corrected chi connectivity index (χ1v) is 12.0. The topological polar surface area (TPSA) is 59.4 Å². The molecule has 0 spiro atoms. The second-order valence-corrected chi connectivity index (χ2v) is 10.5. The van der Waals surface area contributed by atoms with Gasteiger partial charge in [-0.05, 0) is 48.1 Å². The van der Waals surface area contributed by atoms with Gasteiger partial charge in [-0.2, -0.15) is 0 Å². The molecule has 1 fully saturated rings. The summed E-state index contributed by atoms with van der Waals surface area (Å²) in [5, 5.41) is 0.687. The largest absolute Gasteiger partial charge is 0.311 e. The Labute approximate surface area is 176 Å². The van der Waals surface area contributed by atoms with Gasteiger partial charge in [0.2, 0.25) is 10.0 Å². The summed E-state index contributed by atoms with van der Waals surface area (Å²) in [5.41, 5.74) is 2.93. The van der Waals surface area contributed by atoms with Crippen LogP contribution in [0.25, 0.3) is 12.2 Å². The van der Waals surface area contributed by atoms with Gasteiger partial charge in [0.15, 0.2) is 0 Å². The van der Waals surface area contributed by atoms with Crippen molar-refractivity contribution < 1.29 is 8.42 Å². The van der Waals surface area contributed by atoms with Crippen LogP contribution in [0.2, 0.25) is 5.02 Å². The maximum Gasteiger partial charge on any atom is 0.250 e. The lowest BCUT2D eigenvalue weighted by Crippen LogP contribution is -2.49. The molecule has 29 heavy (non-hydrogen) atoms. The fourth-order valence-electron chi connectivity index (χ4n) is 4.52. The van der Waals surface area contributed by atoms with Crippen molar-refractivity contribution >= 4 is 33.8 Å². The summed E-state index contributed by atoms with van der Waals surface area (Å²) in [6, 6.07) is 11.0. The molecule has 154 valence electrons. The average Bonchev–Trinajstić information content (AvgIpc) is 2.69. The molecule has 0 radical (unpaired) electrons. The molecule has 0 saturated carbocycles. The Kier molecular flexibility index (Phi) is 5.69. The fourth-order valence-corrected chi connectivity index (χ4v) is 6.26. The Morgan fingerprint density at radius 1 is 1.07 bits per heavy atom. The zero-order valence-electron chi connectivity index (χ0n) is 16.4. The highest BCUT2D eigenvalue weighted by Crippen LogP contribution is 2.38. The summed E-state index contributed by atoms with van der Waals surface area (Å²) in [4.78, 5) is 12.5. The molecular formula is C22H25ClN2O3S. The van der Waals surface area contributed by atoms with E-state index in [1.54, 1.807) is 10.4 Å². The van der Waals surface area contributed by atoms with Crippen LogP contribution < -0.4 is 5.56 Å². The van der Waals surface area contributed by atoms with E-state index in [9.17, 15) is 13.2 Å². The number of piperidine rings is 1. The molecule has 3 heterocycles. The van der Waals surface area contributed by atoms with E-state index in [-0.39, 0.29) is 23.1 Å². The Balaban J connectivity index is 1.69. The van der Waals surface area contributed by atoms with Crippen LogP contribution in [-0.2, 0) is 16.6 Å². The van der Waals surface area contributed by atoms with Gasteiger partial charge in [-0.3, -0.25) is 4.79 Å². The zero-order valence-corrected chi connectivity index (χ0v) is 18.0. The van der Waals surface area contributed by atoms with Crippen LogP contribution in [0.1, 0.15) is 42.5 Å². The number of aromatic nitrogens is 1. The van der Waals surface area contributed by atoms with E-state index >= 15 is 0 Å². The molecular weight excluding hydrogens is 408 g/mol. The summed E-state index contributed by atoms with van der Waals surface area (Å²) in [7, 11) is -3.24. The molecule has 0 aliphatic carbocycles. The monoisotopic (exact) mass is 432 g/mol. The summed E-state index contributed by atoms with van der Waals surface area (Å²) in [6.45, 7) is 3.42. The minimum atomic E-state index is -3.24. The molecule has 1 saturated heterocycles. The summed E-state index contributed by atoms with van der Waals surface area (Å²) >= 11 is 5.96. The van der Waals surface area contributed by atoms with Crippen molar-refractivity contribution in [1.29, 1.82) is 0 Å². The molecule has 7 heteroatoms. The van der Waals surface area contributed by atoms with Crippen LogP contribution in [0.3, 0.4) is 0 Å². The number of fused-ring (bicyclic) bond motifs is 4. The number of pyridine rings is 1. The summed E-state index contributed by atoms with van der Waals surface area (Å²) in [5.74, 6) is 0.395. The van der Waals surface area contributed by atoms with Crippen molar-refractivity contribution in [1.82, 2.24) is 8.87 Å². The van der Waals surface area contributed by atoms with Crippen molar-refractivity contribution in [2.24, 2.45) is 5.92 Å². The van der Waals surface area contributed by atoms with Gasteiger partial charge < -0.3 is 4.57 Å². The van der Waals surface area contributed by atoms with E-state index in [1.807, 2.05) is 54.0 Å². The maximum absolute atomic E-state index is 12.7. The minimum absolute atomic E-state index is 0.0109. The van der Waals surface area contributed by atoms with E-state index in [0.29, 0.717) is 31.1 Å². The van der Waals surface area contributed by atoms with E-state index < -0.39 is 10.0 Å². The zero-order chi connectivity index (χ0) is 20.6. The van der Waals surface area contributed by atoms with Crippen LogP contribution in [0.4, 0.5) is 0 Å². The second-order valence-electron chi connectivity index (χ2n) is 7.94. The summed E-state index contributed by atoms with van der Waals surface area (Å²) < 4.78 is 28.8. The fraction of sp³-hybridized carbons (Fsp3) is 0.409. The highest BCUT2D eigenvalue weighted by Gasteiger charge is 2.39. The molecule has 2 aliphatic rings. The van der Waals surface area contributed by atoms with Gasteiger partial charge in [-0.1, -0.05) is 42.8 Å². The number of benzene rings is 1. The normalized spacial score (nSPS) is 22.0. The van der Waals surface area contributed by atoms with Gasteiger partial charge in [-0.25, -0.2) is 12.7 Å². The van der Waals surface area contributed by atoms with Gasteiger partial charge in [0.1, 0.15) is 0 Å². The number of rotatable bonds is 5. The van der Waals surface area contributed by atoms with Crippen LogP contribution in [0, 0.1) is 5.92 Å². The van der Waals surface area contributed by atoms with E-state index in [1.165, 1.54) is 0 Å². The smallest absolute Gasteiger partial charge is 0.250 e. The third-order valence-corrected chi connectivity index (χ3v) is 8.03. The molecule has 1 aromatic carbocycles. The number of nitrogens with zero attached hydrogens (tertiary/aromatic N) is 2. The highest BCUT2D eigenvalue weighted by molar-refractivity contribution is 7.89. The van der Waals surface area contributed by atoms with Gasteiger partial charge in [0, 0.05) is 42.3 Å². The third-order valence-electron chi connectivity index (χ3n) is 5.77. The van der Waals surface area contributed by atoms with E-state index in [4.69, 9.17) is 11.6 Å². The van der Waals surface area contributed by atoms with Gasteiger partial charge in [0.05, 0.1) is 5.75 Å². The Hall–Kier alpha value is -1.89. The standard InChI is InChI=1S/C22H25ClN2O3S/c1-2-11-29(27,28)24-13-17-12-19(15-24)22-18(7-10-21(26)25(22)14-17)6-3-16-4-8-20(23)9-5-16/h3-10,17,19H,2,11-15H2,1H3/b6-3+/t17-,19+/m0/s1. The second kappa shape index (κ2) is 8.09. The molecule has 2 atom stereocenters. The lowest BCUT2D eigenvalue weighted by atomic mass is 9.82. The van der Waals surface area contributed by atoms with Crippen LogP contribution in [0.15, 0.2) is 41.2 Å². The molecule has 0 N–H and O–H groups in total. The number of hydrogen-bond acceptors (Lipinski definition) is 3. The summed E-state index contributed by atoms with van der Waals surface area (Å²) in [6.07, 6.45) is 5.54. The average molecular weight is 433 g/mol. The van der Waals surface area contributed by atoms with Crippen molar-refractivity contribution in [2.45, 2.75) is 32.2 Å². The Bertz CT molecular complexity index is 1090.